The van der Waals surface area contributed by atoms with Gasteiger partial charge in [-0.1, -0.05) is 126 Å². The molecule has 2 aromatic carbocycles. The van der Waals surface area contributed by atoms with Crippen LogP contribution in [0.25, 0.3) is 6.08 Å². The predicted molar refractivity (Wildman–Crippen MR) is 137 cm³/mol. The largest absolute Gasteiger partial charge is 0.507 e. The molecule has 32 heavy (non-hydrogen) atoms. The smallest absolute Gasteiger partial charge is 0.189 e. The fourth-order valence-electron chi connectivity index (χ4n) is 4.11. The molecule has 0 aliphatic rings. The fraction of sp³-hybridized carbons (Fsp3) is 0.500. The second-order valence-electron chi connectivity index (χ2n) is 8.95. The van der Waals surface area contributed by atoms with Gasteiger partial charge in [0.25, 0.3) is 0 Å². The molecule has 174 valence electrons. The first-order chi connectivity index (χ1) is 15.7. The van der Waals surface area contributed by atoms with Gasteiger partial charge in [-0.2, -0.15) is 0 Å². The van der Waals surface area contributed by atoms with Crippen molar-refractivity contribution in [1.29, 1.82) is 0 Å². The summed E-state index contributed by atoms with van der Waals surface area (Å²) >= 11 is 0. The lowest BCUT2D eigenvalue weighted by Crippen LogP contribution is -1.96. The minimum absolute atomic E-state index is 0.0832. The van der Waals surface area contributed by atoms with E-state index in [2.05, 4.69) is 6.92 Å². The Morgan fingerprint density at radius 1 is 0.750 bits per heavy atom. The number of benzene rings is 2. The van der Waals surface area contributed by atoms with Crippen LogP contribution in [0.5, 0.6) is 5.75 Å². The number of carbonyl (C=O) groups excluding carboxylic acids is 1. The number of ketones is 1. The van der Waals surface area contributed by atoms with E-state index in [9.17, 15) is 9.90 Å². The van der Waals surface area contributed by atoms with Crippen LogP contribution in [-0.4, -0.2) is 10.9 Å². The molecule has 0 atom stereocenters. The Balaban J connectivity index is 1.57. The molecule has 2 aromatic rings. The van der Waals surface area contributed by atoms with Gasteiger partial charge in [0, 0.05) is 0 Å². The van der Waals surface area contributed by atoms with E-state index in [1.807, 2.05) is 36.4 Å². The van der Waals surface area contributed by atoms with E-state index in [1.165, 1.54) is 83.1 Å². The van der Waals surface area contributed by atoms with Crippen LogP contribution in [0.2, 0.25) is 0 Å². The normalized spacial score (nSPS) is 11.3. The molecule has 0 aliphatic carbocycles. The Labute approximate surface area is 195 Å². The summed E-state index contributed by atoms with van der Waals surface area (Å²) in [6.45, 7) is 2.27. The zero-order valence-corrected chi connectivity index (χ0v) is 20.0. The molecule has 0 radical (unpaired) electrons. The first-order valence-corrected chi connectivity index (χ1v) is 12.8. The summed E-state index contributed by atoms with van der Waals surface area (Å²) in [4.78, 5) is 12.4. The molecule has 0 bridgehead atoms. The summed E-state index contributed by atoms with van der Waals surface area (Å²) in [5.74, 6) is -0.0845. The number of rotatable bonds is 17. The van der Waals surface area contributed by atoms with Gasteiger partial charge in [0.15, 0.2) is 5.78 Å². The Hall–Kier alpha value is -2.35. The highest BCUT2D eigenvalue weighted by Crippen LogP contribution is 2.22. The molecule has 0 aliphatic heterocycles. The van der Waals surface area contributed by atoms with Crippen LogP contribution < -0.4 is 0 Å². The van der Waals surface area contributed by atoms with Crippen molar-refractivity contribution in [2.75, 3.05) is 0 Å². The number of hydrogen-bond acceptors (Lipinski definition) is 2. The van der Waals surface area contributed by atoms with E-state index < -0.39 is 0 Å². The molecule has 0 saturated heterocycles. The Morgan fingerprint density at radius 3 is 1.88 bits per heavy atom. The van der Waals surface area contributed by atoms with Gasteiger partial charge in [0.05, 0.1) is 5.56 Å². The van der Waals surface area contributed by atoms with E-state index >= 15 is 0 Å². The minimum atomic E-state index is -0.168. The molecule has 0 fully saturated rings. The van der Waals surface area contributed by atoms with Gasteiger partial charge in [-0.25, -0.2) is 0 Å². The number of carbonyl (C=O) groups is 1. The number of aromatic hydroxyl groups is 1. The zero-order chi connectivity index (χ0) is 22.9. The summed E-state index contributed by atoms with van der Waals surface area (Å²) in [6, 6.07) is 15.2. The third kappa shape index (κ3) is 10.8. The molecular weight excluding hydrogens is 392 g/mol. The van der Waals surface area contributed by atoms with Gasteiger partial charge < -0.3 is 5.11 Å². The molecule has 0 unspecified atom stereocenters. The van der Waals surface area contributed by atoms with Gasteiger partial charge in [-0.05, 0) is 42.2 Å². The number of unbranched alkanes of at least 4 members (excludes halogenated alkanes) is 12. The van der Waals surface area contributed by atoms with Crippen molar-refractivity contribution < 1.29 is 9.90 Å². The molecular formula is C30H42O2. The SMILES string of the molecule is CCCCCCCCCCCCCCCc1ccc(C(=O)/C=C/c2ccccc2)c(O)c1. The summed E-state index contributed by atoms with van der Waals surface area (Å²) in [5, 5.41) is 10.3. The van der Waals surface area contributed by atoms with Crippen LogP contribution in [0.3, 0.4) is 0 Å². The van der Waals surface area contributed by atoms with Crippen molar-refractivity contribution in [2.24, 2.45) is 0 Å². The summed E-state index contributed by atoms with van der Waals surface area (Å²) in [6.07, 6.45) is 21.8. The first kappa shape index (κ1) is 25.9. The molecule has 2 heteroatoms. The van der Waals surface area contributed by atoms with Crippen molar-refractivity contribution in [3.63, 3.8) is 0 Å². The summed E-state index contributed by atoms with van der Waals surface area (Å²) in [7, 11) is 0. The van der Waals surface area contributed by atoms with E-state index in [0.29, 0.717) is 5.56 Å². The van der Waals surface area contributed by atoms with Crippen LogP contribution in [0.15, 0.2) is 54.6 Å². The quantitative estimate of drug-likeness (QED) is 0.153. The zero-order valence-electron chi connectivity index (χ0n) is 20.0. The lowest BCUT2D eigenvalue weighted by atomic mass is 10.0. The summed E-state index contributed by atoms with van der Waals surface area (Å²) in [5.41, 5.74) is 2.44. The fourth-order valence-corrected chi connectivity index (χ4v) is 4.11. The van der Waals surface area contributed by atoms with Crippen molar-refractivity contribution in [3.05, 3.63) is 71.3 Å². The molecule has 0 heterocycles. The third-order valence-electron chi connectivity index (χ3n) is 6.12. The molecule has 1 N–H and O–H groups in total. The standard InChI is InChI=1S/C30H42O2/c1-2-3-4-5-6-7-8-9-10-11-12-13-15-20-27-21-23-28(30(32)25-27)29(31)24-22-26-18-16-14-17-19-26/h14,16-19,21-25,32H,2-13,15,20H2,1H3/b24-22+. The van der Waals surface area contributed by atoms with Gasteiger partial charge in [-0.15, -0.1) is 0 Å². The van der Waals surface area contributed by atoms with E-state index in [-0.39, 0.29) is 11.5 Å². The van der Waals surface area contributed by atoms with Crippen molar-refractivity contribution >= 4 is 11.9 Å². The summed E-state index contributed by atoms with van der Waals surface area (Å²) < 4.78 is 0. The molecule has 0 aromatic heterocycles. The maximum Gasteiger partial charge on any atom is 0.189 e. The van der Waals surface area contributed by atoms with E-state index in [4.69, 9.17) is 0 Å². The van der Waals surface area contributed by atoms with Crippen molar-refractivity contribution in [2.45, 2.75) is 96.8 Å². The lowest BCUT2D eigenvalue weighted by Gasteiger charge is -2.06. The van der Waals surface area contributed by atoms with Gasteiger partial charge in [0.2, 0.25) is 0 Å². The molecule has 0 spiro atoms. The highest BCUT2D eigenvalue weighted by atomic mass is 16.3. The highest BCUT2D eigenvalue weighted by Gasteiger charge is 2.09. The number of phenolic OH excluding ortho intramolecular Hbond substituents is 1. The van der Waals surface area contributed by atoms with Gasteiger partial charge in [0.1, 0.15) is 5.75 Å². The maximum atomic E-state index is 12.4. The third-order valence-corrected chi connectivity index (χ3v) is 6.12. The molecule has 2 rings (SSSR count). The predicted octanol–water partition coefficient (Wildman–Crippen LogP) is 8.92. The van der Waals surface area contributed by atoms with Gasteiger partial charge in [-0.3, -0.25) is 4.79 Å². The molecule has 0 saturated carbocycles. The van der Waals surface area contributed by atoms with E-state index in [1.54, 1.807) is 18.2 Å². The van der Waals surface area contributed by atoms with E-state index in [0.717, 1.165) is 24.0 Å². The second kappa shape index (κ2) is 16.3. The monoisotopic (exact) mass is 434 g/mol. The highest BCUT2D eigenvalue weighted by molar-refractivity contribution is 6.08. The van der Waals surface area contributed by atoms with Gasteiger partial charge >= 0.3 is 0 Å². The topological polar surface area (TPSA) is 37.3 Å². The van der Waals surface area contributed by atoms with Crippen molar-refractivity contribution in [3.8, 4) is 5.75 Å². The van der Waals surface area contributed by atoms with Crippen LogP contribution >= 0.6 is 0 Å². The lowest BCUT2D eigenvalue weighted by molar-refractivity contribution is 0.104. The number of aryl methyl sites for hydroxylation is 1. The van der Waals surface area contributed by atoms with Crippen LogP contribution in [0.1, 0.15) is 112 Å². The Bertz CT molecular complexity index is 792. The van der Waals surface area contributed by atoms with Crippen LogP contribution in [0.4, 0.5) is 0 Å². The average molecular weight is 435 g/mol. The Morgan fingerprint density at radius 2 is 1.31 bits per heavy atom. The first-order valence-electron chi connectivity index (χ1n) is 12.8. The second-order valence-corrected chi connectivity index (χ2v) is 8.95. The number of hydrogen-bond donors (Lipinski definition) is 1. The van der Waals surface area contributed by atoms with Crippen molar-refractivity contribution in [1.82, 2.24) is 0 Å². The van der Waals surface area contributed by atoms with Crippen LogP contribution in [-0.2, 0) is 6.42 Å². The number of phenols is 1. The minimum Gasteiger partial charge on any atom is -0.507 e. The maximum absolute atomic E-state index is 12.4. The molecule has 2 nitrogen and oxygen atoms in total. The van der Waals surface area contributed by atoms with Crippen LogP contribution in [0, 0.1) is 0 Å². The molecule has 0 amide bonds. The Kier molecular flexibility index (Phi) is 13.2. The number of allylic oxidation sites excluding steroid dienone is 1. The average Bonchev–Trinajstić information content (AvgIpc) is 2.81.